The zero-order valence-electron chi connectivity index (χ0n) is 16.0. The molecular weight excluding hydrogens is 357 g/mol. The molecule has 0 saturated carbocycles. The summed E-state index contributed by atoms with van der Waals surface area (Å²) in [5, 5.41) is 0. The summed E-state index contributed by atoms with van der Waals surface area (Å²) in [4.78, 5) is 21.4. The Morgan fingerprint density at radius 2 is 1.93 bits per heavy atom. The number of halogens is 1. The van der Waals surface area contributed by atoms with Gasteiger partial charge in [0, 0.05) is 31.7 Å². The van der Waals surface area contributed by atoms with E-state index < -0.39 is 0 Å². The lowest BCUT2D eigenvalue weighted by molar-refractivity contribution is -0.135. The van der Waals surface area contributed by atoms with E-state index in [4.69, 9.17) is 9.72 Å². The van der Waals surface area contributed by atoms with E-state index in [1.54, 1.807) is 6.07 Å². The Hall–Kier alpha value is -2.31. The molecule has 5 nitrogen and oxygen atoms in total. The summed E-state index contributed by atoms with van der Waals surface area (Å²) >= 11 is 0. The molecule has 1 aromatic carbocycles. The molecule has 4 rings (SSSR count). The number of morpholine rings is 1. The van der Waals surface area contributed by atoms with E-state index in [0.29, 0.717) is 19.7 Å². The van der Waals surface area contributed by atoms with Crippen molar-refractivity contribution in [3.63, 3.8) is 0 Å². The topological polar surface area (TPSA) is 45.7 Å². The third-order valence-corrected chi connectivity index (χ3v) is 5.44. The van der Waals surface area contributed by atoms with Crippen molar-refractivity contribution < 1.29 is 13.9 Å². The second-order valence-electron chi connectivity index (χ2n) is 7.49. The third-order valence-electron chi connectivity index (χ3n) is 5.44. The van der Waals surface area contributed by atoms with Crippen molar-refractivity contribution in [2.45, 2.75) is 25.4 Å². The van der Waals surface area contributed by atoms with Gasteiger partial charge in [-0.3, -0.25) is 14.7 Å². The van der Waals surface area contributed by atoms with Crippen molar-refractivity contribution in [2.24, 2.45) is 0 Å². The zero-order valence-corrected chi connectivity index (χ0v) is 16.0. The number of hydrogen-bond acceptors (Lipinski definition) is 4. The molecule has 2 saturated heterocycles. The summed E-state index contributed by atoms with van der Waals surface area (Å²) in [5.41, 5.74) is 2.29. The van der Waals surface area contributed by atoms with E-state index in [2.05, 4.69) is 4.90 Å². The van der Waals surface area contributed by atoms with Crippen LogP contribution in [-0.2, 0) is 9.53 Å². The van der Waals surface area contributed by atoms with Gasteiger partial charge in [-0.1, -0.05) is 18.2 Å². The molecule has 0 radical (unpaired) electrons. The Labute approximate surface area is 165 Å². The number of likely N-dealkylation sites (tertiary alicyclic amines) is 1. The SMILES string of the molecule is O=C(CN1CCO[C@H](c2cccc(-c3cccc(F)c3)n2)C1)N1CCCCC1. The standard InChI is InChI=1S/C22H26FN3O2/c23-18-7-4-6-17(14-18)19-8-5-9-20(24-19)21-15-25(12-13-28-21)16-22(27)26-10-2-1-3-11-26/h4-9,14,21H,1-3,10-13,15-16H2/t21-/m0/s1. The normalized spacial score (nSPS) is 20.9. The number of hydrogen-bond donors (Lipinski definition) is 0. The van der Waals surface area contributed by atoms with Crippen molar-refractivity contribution in [1.82, 2.24) is 14.8 Å². The predicted molar refractivity (Wildman–Crippen MR) is 105 cm³/mol. The number of ether oxygens (including phenoxy) is 1. The number of benzene rings is 1. The number of nitrogens with zero attached hydrogens (tertiary/aromatic N) is 3. The lowest BCUT2D eigenvalue weighted by Gasteiger charge is -2.34. The fourth-order valence-electron chi connectivity index (χ4n) is 3.90. The molecule has 6 heteroatoms. The number of amides is 1. The highest BCUT2D eigenvalue weighted by Crippen LogP contribution is 2.24. The van der Waals surface area contributed by atoms with E-state index >= 15 is 0 Å². The fourth-order valence-corrected chi connectivity index (χ4v) is 3.90. The Kier molecular flexibility index (Phi) is 5.98. The Balaban J connectivity index is 1.43. The Bertz CT molecular complexity index is 823. The average molecular weight is 383 g/mol. The van der Waals surface area contributed by atoms with Gasteiger partial charge in [-0.2, -0.15) is 0 Å². The average Bonchev–Trinajstić information content (AvgIpc) is 2.75. The maximum atomic E-state index is 13.5. The molecule has 3 heterocycles. The van der Waals surface area contributed by atoms with Gasteiger partial charge >= 0.3 is 0 Å². The van der Waals surface area contributed by atoms with Crippen LogP contribution >= 0.6 is 0 Å². The summed E-state index contributed by atoms with van der Waals surface area (Å²) in [6.07, 6.45) is 3.25. The molecule has 148 valence electrons. The summed E-state index contributed by atoms with van der Waals surface area (Å²) in [6.45, 7) is 4.15. The third kappa shape index (κ3) is 4.56. The molecular formula is C22H26FN3O2. The quantitative estimate of drug-likeness (QED) is 0.813. The number of pyridine rings is 1. The van der Waals surface area contributed by atoms with Gasteiger partial charge in [-0.05, 0) is 43.5 Å². The van der Waals surface area contributed by atoms with Gasteiger partial charge in [-0.25, -0.2) is 4.39 Å². The predicted octanol–water partition coefficient (Wildman–Crippen LogP) is 3.27. The number of aromatic nitrogens is 1. The first-order valence-corrected chi connectivity index (χ1v) is 10.0. The molecule has 0 unspecified atom stereocenters. The molecule has 0 spiro atoms. The van der Waals surface area contributed by atoms with Crippen molar-refractivity contribution in [3.8, 4) is 11.3 Å². The minimum atomic E-state index is -0.277. The van der Waals surface area contributed by atoms with Crippen molar-refractivity contribution >= 4 is 5.91 Å². The van der Waals surface area contributed by atoms with Crippen LogP contribution in [0, 0.1) is 5.82 Å². The second kappa shape index (κ2) is 8.80. The van der Waals surface area contributed by atoms with Crippen molar-refractivity contribution in [1.29, 1.82) is 0 Å². The van der Waals surface area contributed by atoms with Crippen LogP contribution in [0.4, 0.5) is 4.39 Å². The summed E-state index contributed by atoms with van der Waals surface area (Å²) in [7, 11) is 0. The Morgan fingerprint density at radius 3 is 2.75 bits per heavy atom. The van der Waals surface area contributed by atoms with Crippen LogP contribution < -0.4 is 0 Å². The molecule has 1 aromatic heterocycles. The van der Waals surface area contributed by atoms with E-state index in [-0.39, 0.29) is 17.8 Å². The molecule has 2 fully saturated rings. The monoisotopic (exact) mass is 383 g/mol. The smallest absolute Gasteiger partial charge is 0.236 e. The van der Waals surface area contributed by atoms with Crippen molar-refractivity contribution in [2.75, 3.05) is 39.3 Å². The van der Waals surface area contributed by atoms with E-state index in [0.717, 1.165) is 49.4 Å². The van der Waals surface area contributed by atoms with Crippen LogP contribution in [0.1, 0.15) is 31.1 Å². The zero-order chi connectivity index (χ0) is 19.3. The van der Waals surface area contributed by atoms with Crippen LogP contribution in [-0.4, -0.2) is 60.0 Å². The van der Waals surface area contributed by atoms with Gasteiger partial charge in [0.1, 0.15) is 11.9 Å². The molecule has 28 heavy (non-hydrogen) atoms. The van der Waals surface area contributed by atoms with Gasteiger partial charge < -0.3 is 9.64 Å². The number of carbonyl (C=O) groups excluding carboxylic acids is 1. The summed E-state index contributed by atoms with van der Waals surface area (Å²) < 4.78 is 19.5. The van der Waals surface area contributed by atoms with Gasteiger partial charge in [0.05, 0.1) is 24.5 Å². The molecule has 0 N–H and O–H groups in total. The summed E-state index contributed by atoms with van der Waals surface area (Å²) in [5.74, 6) is -0.0668. The number of rotatable bonds is 4. The van der Waals surface area contributed by atoms with Crippen molar-refractivity contribution in [3.05, 3.63) is 54.0 Å². The molecule has 2 aliphatic rings. The molecule has 0 bridgehead atoms. The molecule has 1 atom stereocenters. The lowest BCUT2D eigenvalue weighted by atomic mass is 10.1. The van der Waals surface area contributed by atoms with Crippen LogP contribution in [0.5, 0.6) is 0 Å². The van der Waals surface area contributed by atoms with Crippen LogP contribution in [0.15, 0.2) is 42.5 Å². The largest absolute Gasteiger partial charge is 0.369 e. The number of piperidine rings is 1. The lowest BCUT2D eigenvalue weighted by Crippen LogP contribution is -2.46. The molecule has 1 amide bonds. The maximum absolute atomic E-state index is 13.5. The van der Waals surface area contributed by atoms with Crippen LogP contribution in [0.25, 0.3) is 11.3 Å². The van der Waals surface area contributed by atoms with Gasteiger partial charge in [0.2, 0.25) is 5.91 Å². The first-order chi connectivity index (χ1) is 13.7. The van der Waals surface area contributed by atoms with Crippen LogP contribution in [0.2, 0.25) is 0 Å². The molecule has 2 aliphatic heterocycles. The highest BCUT2D eigenvalue weighted by Gasteiger charge is 2.26. The van der Waals surface area contributed by atoms with Gasteiger partial charge in [-0.15, -0.1) is 0 Å². The second-order valence-corrected chi connectivity index (χ2v) is 7.49. The van der Waals surface area contributed by atoms with E-state index in [1.165, 1.54) is 18.6 Å². The first-order valence-electron chi connectivity index (χ1n) is 10.0. The maximum Gasteiger partial charge on any atom is 0.236 e. The van der Waals surface area contributed by atoms with Gasteiger partial charge in [0.25, 0.3) is 0 Å². The fraction of sp³-hybridized carbons (Fsp3) is 0.455. The minimum Gasteiger partial charge on any atom is -0.369 e. The first kappa shape index (κ1) is 19.0. The van der Waals surface area contributed by atoms with E-state index in [9.17, 15) is 9.18 Å². The van der Waals surface area contributed by atoms with Gasteiger partial charge in [0.15, 0.2) is 0 Å². The van der Waals surface area contributed by atoms with Crippen LogP contribution in [0.3, 0.4) is 0 Å². The van der Waals surface area contributed by atoms with E-state index in [1.807, 2.05) is 29.2 Å². The molecule has 2 aromatic rings. The number of carbonyl (C=O) groups is 1. The highest BCUT2D eigenvalue weighted by molar-refractivity contribution is 5.78. The highest BCUT2D eigenvalue weighted by atomic mass is 19.1. The molecule has 0 aliphatic carbocycles. The Morgan fingerprint density at radius 1 is 1.11 bits per heavy atom. The summed E-state index contributed by atoms with van der Waals surface area (Å²) in [6, 6.07) is 12.2. The minimum absolute atomic E-state index is 0.184.